The highest BCUT2D eigenvalue weighted by Gasteiger charge is 2.02. The van der Waals surface area contributed by atoms with Gasteiger partial charge in [0.25, 0.3) is 0 Å². The molecule has 0 aliphatic heterocycles. The number of carbonyl (C=O) groups is 1. The molecule has 0 fully saturated rings. The van der Waals surface area contributed by atoms with Crippen LogP contribution >= 0.6 is 11.6 Å². The Labute approximate surface area is 140 Å². The summed E-state index contributed by atoms with van der Waals surface area (Å²) in [6.45, 7) is 3.27. The molecule has 0 spiro atoms. The number of hydrogen-bond donors (Lipinski definition) is 2. The molecule has 0 aromatic heterocycles. The van der Waals surface area contributed by atoms with Crippen molar-refractivity contribution in [2.24, 2.45) is 0 Å². The van der Waals surface area contributed by atoms with Crippen LogP contribution in [0.1, 0.15) is 6.92 Å². The van der Waals surface area contributed by atoms with Gasteiger partial charge in [0, 0.05) is 16.8 Å². The Bertz CT molecular complexity index is 649. The van der Waals surface area contributed by atoms with E-state index in [2.05, 4.69) is 10.6 Å². The summed E-state index contributed by atoms with van der Waals surface area (Å²) in [7, 11) is 0. The Morgan fingerprint density at radius 3 is 2.57 bits per heavy atom. The number of hydrogen-bond acceptors (Lipinski definition) is 3. The average Bonchev–Trinajstić information content (AvgIpc) is 2.52. The molecule has 5 nitrogen and oxygen atoms in total. The number of carbonyl (C=O) groups excluding carboxylic acids is 1. The molecule has 0 saturated heterocycles. The Kier molecular flexibility index (Phi) is 6.56. The van der Waals surface area contributed by atoms with Gasteiger partial charge in [0.05, 0.1) is 13.2 Å². The lowest BCUT2D eigenvalue weighted by Gasteiger charge is -2.10. The van der Waals surface area contributed by atoms with E-state index in [1.54, 1.807) is 24.3 Å². The number of anilines is 1. The van der Waals surface area contributed by atoms with Crippen molar-refractivity contribution in [3.63, 3.8) is 0 Å². The predicted octanol–water partition coefficient (Wildman–Crippen LogP) is 3.94. The first kappa shape index (κ1) is 17.0. The highest BCUT2D eigenvalue weighted by atomic mass is 35.5. The fourth-order valence-electron chi connectivity index (χ4n) is 1.90. The topological polar surface area (TPSA) is 59.6 Å². The Balaban J connectivity index is 1.70. The largest absolute Gasteiger partial charge is 0.494 e. The molecule has 2 aromatic carbocycles. The molecule has 2 rings (SSSR count). The van der Waals surface area contributed by atoms with Gasteiger partial charge in [0.2, 0.25) is 0 Å². The van der Waals surface area contributed by atoms with Crippen molar-refractivity contribution in [2.45, 2.75) is 6.92 Å². The quantitative estimate of drug-likeness (QED) is 0.754. The second-order valence-corrected chi connectivity index (χ2v) is 5.08. The van der Waals surface area contributed by atoms with E-state index in [9.17, 15) is 4.79 Å². The number of urea groups is 1. The van der Waals surface area contributed by atoms with Crippen molar-refractivity contribution in [3.8, 4) is 11.5 Å². The first-order valence-electron chi connectivity index (χ1n) is 7.33. The van der Waals surface area contributed by atoms with Crippen LogP contribution in [0.3, 0.4) is 0 Å². The summed E-state index contributed by atoms with van der Waals surface area (Å²) < 4.78 is 11.0. The van der Waals surface area contributed by atoms with Gasteiger partial charge in [-0.25, -0.2) is 4.79 Å². The number of amides is 2. The minimum atomic E-state index is -0.307. The van der Waals surface area contributed by atoms with E-state index in [1.165, 1.54) is 0 Å². The molecule has 2 aromatic rings. The molecule has 0 radical (unpaired) electrons. The molecule has 0 aliphatic carbocycles. The van der Waals surface area contributed by atoms with Crippen molar-refractivity contribution >= 4 is 23.3 Å². The van der Waals surface area contributed by atoms with Gasteiger partial charge < -0.3 is 20.1 Å². The average molecular weight is 335 g/mol. The van der Waals surface area contributed by atoms with Gasteiger partial charge in [-0.05, 0) is 37.3 Å². The summed E-state index contributed by atoms with van der Waals surface area (Å²) in [5.74, 6) is 1.46. The number of halogens is 1. The van der Waals surface area contributed by atoms with Crippen molar-refractivity contribution in [1.82, 2.24) is 5.32 Å². The number of ether oxygens (including phenoxy) is 2. The van der Waals surface area contributed by atoms with Crippen molar-refractivity contribution < 1.29 is 14.3 Å². The summed E-state index contributed by atoms with van der Waals surface area (Å²) in [6.07, 6.45) is 0. The third kappa shape index (κ3) is 6.08. The lowest BCUT2D eigenvalue weighted by molar-refractivity contribution is 0.247. The van der Waals surface area contributed by atoms with E-state index in [-0.39, 0.29) is 6.03 Å². The van der Waals surface area contributed by atoms with Crippen LogP contribution in [0.4, 0.5) is 10.5 Å². The molecular formula is C17H19ClN2O3. The van der Waals surface area contributed by atoms with Crippen LogP contribution in [0.5, 0.6) is 11.5 Å². The van der Waals surface area contributed by atoms with E-state index < -0.39 is 0 Å². The highest BCUT2D eigenvalue weighted by Crippen LogP contribution is 2.19. The standard InChI is InChI=1S/C17H19ClN2O3/c1-2-22-15-7-4-8-16(12-15)23-10-9-19-17(21)20-14-6-3-5-13(18)11-14/h3-8,11-12H,2,9-10H2,1H3,(H2,19,20,21). The van der Waals surface area contributed by atoms with Gasteiger partial charge in [-0.3, -0.25) is 0 Å². The molecule has 2 amide bonds. The zero-order valence-electron chi connectivity index (χ0n) is 12.8. The molecule has 6 heteroatoms. The molecule has 122 valence electrons. The molecule has 0 aliphatic rings. The zero-order valence-corrected chi connectivity index (χ0v) is 13.6. The maximum Gasteiger partial charge on any atom is 0.319 e. The monoisotopic (exact) mass is 334 g/mol. The van der Waals surface area contributed by atoms with Gasteiger partial charge in [-0.15, -0.1) is 0 Å². The van der Waals surface area contributed by atoms with Crippen LogP contribution in [-0.4, -0.2) is 25.8 Å². The second kappa shape index (κ2) is 8.90. The molecule has 0 unspecified atom stereocenters. The van der Waals surface area contributed by atoms with E-state index in [0.29, 0.717) is 36.2 Å². The lowest BCUT2D eigenvalue weighted by atomic mass is 10.3. The minimum absolute atomic E-state index is 0.307. The molecular weight excluding hydrogens is 316 g/mol. The highest BCUT2D eigenvalue weighted by molar-refractivity contribution is 6.30. The van der Waals surface area contributed by atoms with Gasteiger partial charge in [-0.2, -0.15) is 0 Å². The maximum absolute atomic E-state index is 11.7. The molecule has 0 bridgehead atoms. The van der Waals surface area contributed by atoms with E-state index >= 15 is 0 Å². The predicted molar refractivity (Wildman–Crippen MR) is 91.6 cm³/mol. The molecule has 23 heavy (non-hydrogen) atoms. The van der Waals surface area contributed by atoms with Crippen LogP contribution in [-0.2, 0) is 0 Å². The van der Waals surface area contributed by atoms with Crippen LogP contribution in [0, 0.1) is 0 Å². The maximum atomic E-state index is 11.7. The van der Waals surface area contributed by atoms with Gasteiger partial charge in [-0.1, -0.05) is 23.7 Å². The van der Waals surface area contributed by atoms with Crippen LogP contribution in [0.25, 0.3) is 0 Å². The SMILES string of the molecule is CCOc1cccc(OCCNC(=O)Nc2cccc(Cl)c2)c1. The molecule has 0 atom stereocenters. The molecule has 0 heterocycles. The van der Waals surface area contributed by atoms with Crippen molar-refractivity contribution in [1.29, 1.82) is 0 Å². The van der Waals surface area contributed by atoms with Gasteiger partial charge in [0.1, 0.15) is 18.1 Å². The lowest BCUT2D eigenvalue weighted by Crippen LogP contribution is -2.32. The van der Waals surface area contributed by atoms with Gasteiger partial charge in [0.15, 0.2) is 0 Å². The van der Waals surface area contributed by atoms with E-state index in [0.717, 1.165) is 5.75 Å². The zero-order chi connectivity index (χ0) is 16.5. The summed E-state index contributed by atoms with van der Waals surface area (Å²) in [5, 5.41) is 5.98. The smallest absolute Gasteiger partial charge is 0.319 e. The first-order valence-corrected chi connectivity index (χ1v) is 7.71. The number of nitrogens with one attached hydrogen (secondary N) is 2. The second-order valence-electron chi connectivity index (χ2n) is 4.65. The van der Waals surface area contributed by atoms with Crippen LogP contribution in [0.15, 0.2) is 48.5 Å². The Hall–Kier alpha value is -2.40. The number of benzene rings is 2. The fraction of sp³-hybridized carbons (Fsp3) is 0.235. The van der Waals surface area contributed by atoms with Gasteiger partial charge >= 0.3 is 6.03 Å². The van der Waals surface area contributed by atoms with Crippen LogP contribution in [0.2, 0.25) is 5.02 Å². The van der Waals surface area contributed by atoms with Crippen LogP contribution < -0.4 is 20.1 Å². The number of rotatable bonds is 7. The third-order valence-electron chi connectivity index (χ3n) is 2.86. The van der Waals surface area contributed by atoms with Crippen molar-refractivity contribution in [2.75, 3.05) is 25.1 Å². The summed E-state index contributed by atoms with van der Waals surface area (Å²) in [6, 6.07) is 14.0. The molecule has 0 saturated carbocycles. The first-order chi connectivity index (χ1) is 11.2. The Morgan fingerprint density at radius 1 is 1.09 bits per heavy atom. The van der Waals surface area contributed by atoms with Crippen molar-refractivity contribution in [3.05, 3.63) is 53.6 Å². The summed E-state index contributed by atoms with van der Waals surface area (Å²) in [5.41, 5.74) is 0.639. The Morgan fingerprint density at radius 2 is 1.83 bits per heavy atom. The fourth-order valence-corrected chi connectivity index (χ4v) is 2.09. The normalized spacial score (nSPS) is 10.0. The third-order valence-corrected chi connectivity index (χ3v) is 3.09. The molecule has 2 N–H and O–H groups in total. The van der Waals surface area contributed by atoms with E-state index in [4.69, 9.17) is 21.1 Å². The summed E-state index contributed by atoms with van der Waals surface area (Å²) >= 11 is 5.86. The van der Waals surface area contributed by atoms with E-state index in [1.807, 2.05) is 31.2 Å². The summed E-state index contributed by atoms with van der Waals surface area (Å²) in [4.78, 5) is 11.7. The minimum Gasteiger partial charge on any atom is -0.494 e.